The van der Waals surface area contributed by atoms with E-state index in [4.69, 9.17) is 0 Å². The molecule has 1 heterocycles. The molecule has 1 rings (SSSR count). The summed E-state index contributed by atoms with van der Waals surface area (Å²) in [6.07, 6.45) is 1.87. The molecule has 0 bridgehead atoms. The summed E-state index contributed by atoms with van der Waals surface area (Å²) in [5.41, 5.74) is 1.21. The number of aryl methyl sites for hydroxylation is 1. The molecule has 0 aliphatic carbocycles. The Balaban J connectivity index is 3.22. The number of halogens is 1. The summed E-state index contributed by atoms with van der Waals surface area (Å²) in [5.74, 6) is 0. The molecule has 0 saturated heterocycles. The van der Waals surface area contributed by atoms with Crippen LogP contribution in [-0.4, -0.2) is 41.4 Å². The molecule has 0 radical (unpaired) electrons. The number of hydrogen-bond acceptors (Lipinski definition) is 3. The highest BCUT2D eigenvalue weighted by atomic mass is 79.9. The van der Waals surface area contributed by atoms with Crippen molar-refractivity contribution in [3.63, 3.8) is 0 Å². The van der Waals surface area contributed by atoms with E-state index in [0.717, 1.165) is 11.0 Å². The molecule has 0 fully saturated rings. The summed E-state index contributed by atoms with van der Waals surface area (Å²) in [4.78, 5) is 2.23. The highest BCUT2D eigenvalue weighted by molar-refractivity contribution is 9.10. The average Bonchev–Trinajstić information content (AvgIpc) is 2.61. The van der Waals surface area contributed by atoms with Crippen LogP contribution in [0.4, 0.5) is 0 Å². The number of likely N-dealkylation sites (N-methyl/N-ethyl adjacent to an activating group) is 2. The maximum Gasteiger partial charge on any atom is 0.0714 e. The van der Waals surface area contributed by atoms with Gasteiger partial charge in [-0.1, -0.05) is 0 Å². The van der Waals surface area contributed by atoms with Gasteiger partial charge in [0.1, 0.15) is 0 Å². The van der Waals surface area contributed by atoms with Crippen LogP contribution in [0.2, 0.25) is 0 Å². The van der Waals surface area contributed by atoms with Crippen molar-refractivity contribution in [3.05, 3.63) is 16.4 Å². The van der Waals surface area contributed by atoms with E-state index in [9.17, 15) is 0 Å². The first-order chi connectivity index (χ1) is 7.86. The molecule has 17 heavy (non-hydrogen) atoms. The van der Waals surface area contributed by atoms with Gasteiger partial charge in [0, 0.05) is 12.1 Å². The van der Waals surface area contributed by atoms with Crippen molar-refractivity contribution in [1.82, 2.24) is 20.0 Å². The zero-order valence-corrected chi connectivity index (χ0v) is 13.2. The lowest BCUT2D eigenvalue weighted by molar-refractivity contribution is 0.137. The summed E-state index contributed by atoms with van der Waals surface area (Å²) in [7, 11) is 6.20. The van der Waals surface area contributed by atoms with Gasteiger partial charge in [-0.15, -0.1) is 0 Å². The van der Waals surface area contributed by atoms with Crippen LogP contribution in [0.3, 0.4) is 0 Å². The molecule has 1 aromatic heterocycles. The van der Waals surface area contributed by atoms with Crippen molar-refractivity contribution in [3.8, 4) is 0 Å². The smallest absolute Gasteiger partial charge is 0.0714 e. The van der Waals surface area contributed by atoms with E-state index < -0.39 is 0 Å². The number of rotatable bonds is 5. The van der Waals surface area contributed by atoms with Gasteiger partial charge in [-0.2, -0.15) is 5.10 Å². The molecule has 1 unspecified atom stereocenters. The minimum atomic E-state index is 0.00419. The van der Waals surface area contributed by atoms with Crippen LogP contribution in [0, 0.1) is 0 Å². The van der Waals surface area contributed by atoms with Gasteiger partial charge in [0.05, 0.1) is 22.4 Å². The van der Waals surface area contributed by atoms with E-state index in [2.05, 4.69) is 66.1 Å². The molecule has 1 N–H and O–H groups in total. The molecular weight excluding hydrogens is 280 g/mol. The highest BCUT2D eigenvalue weighted by Gasteiger charge is 2.35. The fourth-order valence-electron chi connectivity index (χ4n) is 1.99. The van der Waals surface area contributed by atoms with Gasteiger partial charge >= 0.3 is 0 Å². The van der Waals surface area contributed by atoms with Crippen LogP contribution in [0.15, 0.2) is 10.7 Å². The molecule has 1 atom stereocenters. The summed E-state index contributed by atoms with van der Waals surface area (Å²) in [6, 6.07) is 0.217. The van der Waals surface area contributed by atoms with Crippen molar-refractivity contribution >= 4 is 15.9 Å². The highest BCUT2D eigenvalue weighted by Crippen LogP contribution is 2.33. The second-order valence-electron chi connectivity index (χ2n) is 4.96. The van der Waals surface area contributed by atoms with Gasteiger partial charge in [0.15, 0.2) is 0 Å². The van der Waals surface area contributed by atoms with E-state index in [1.807, 2.05) is 17.9 Å². The predicted octanol–water partition coefficient (Wildman–Crippen LogP) is 2.27. The third-order valence-electron chi connectivity index (χ3n) is 3.55. The zero-order valence-electron chi connectivity index (χ0n) is 11.6. The van der Waals surface area contributed by atoms with Crippen LogP contribution in [0.25, 0.3) is 0 Å². The second kappa shape index (κ2) is 5.50. The third kappa shape index (κ3) is 2.72. The molecule has 0 aliphatic heterocycles. The molecule has 0 amide bonds. The number of nitrogens with zero attached hydrogens (tertiary/aromatic N) is 3. The molecule has 1 aromatic rings. The van der Waals surface area contributed by atoms with Crippen molar-refractivity contribution in [1.29, 1.82) is 0 Å². The first-order valence-electron chi connectivity index (χ1n) is 5.92. The van der Waals surface area contributed by atoms with E-state index in [0.29, 0.717) is 0 Å². The maximum atomic E-state index is 4.39. The van der Waals surface area contributed by atoms with E-state index in [1.165, 1.54) is 5.69 Å². The Kier molecular flexibility index (Phi) is 4.75. The van der Waals surface area contributed by atoms with Gasteiger partial charge in [0.25, 0.3) is 0 Å². The lowest BCUT2D eigenvalue weighted by Crippen LogP contribution is -2.49. The average molecular weight is 303 g/mol. The van der Waals surface area contributed by atoms with Gasteiger partial charge in [-0.25, -0.2) is 0 Å². The largest absolute Gasteiger partial charge is 0.310 e. The van der Waals surface area contributed by atoms with Crippen molar-refractivity contribution in [2.75, 3.05) is 21.1 Å². The quantitative estimate of drug-likeness (QED) is 0.906. The molecular formula is C12H23BrN4. The monoisotopic (exact) mass is 302 g/mol. The maximum absolute atomic E-state index is 4.39. The Morgan fingerprint density at radius 2 is 2.12 bits per heavy atom. The van der Waals surface area contributed by atoms with E-state index in [-0.39, 0.29) is 11.6 Å². The Labute approximate surface area is 113 Å². The van der Waals surface area contributed by atoms with Crippen LogP contribution >= 0.6 is 15.9 Å². The van der Waals surface area contributed by atoms with E-state index in [1.54, 1.807) is 0 Å². The minimum Gasteiger partial charge on any atom is -0.310 e. The van der Waals surface area contributed by atoms with Crippen LogP contribution in [0.1, 0.15) is 32.5 Å². The van der Waals surface area contributed by atoms with Crippen molar-refractivity contribution < 1.29 is 0 Å². The molecule has 0 aromatic carbocycles. The van der Waals surface area contributed by atoms with Crippen molar-refractivity contribution in [2.45, 2.75) is 38.9 Å². The molecule has 0 saturated carbocycles. The fraction of sp³-hybridized carbons (Fsp3) is 0.750. The van der Waals surface area contributed by atoms with Crippen LogP contribution in [-0.2, 0) is 6.54 Å². The first-order valence-corrected chi connectivity index (χ1v) is 6.71. The topological polar surface area (TPSA) is 33.1 Å². The summed E-state index contributed by atoms with van der Waals surface area (Å²) in [5, 5.41) is 7.80. The molecule has 5 heteroatoms. The second-order valence-corrected chi connectivity index (χ2v) is 5.82. The SMILES string of the molecule is CCn1ncc(Br)c1C(NC)C(C)(C)N(C)C. The Hall–Kier alpha value is -0.390. The predicted molar refractivity (Wildman–Crippen MR) is 75.2 cm³/mol. The summed E-state index contributed by atoms with van der Waals surface area (Å²) < 4.78 is 3.10. The number of nitrogens with one attached hydrogen (secondary N) is 1. The van der Waals surface area contributed by atoms with Crippen LogP contribution < -0.4 is 5.32 Å². The molecule has 0 aliphatic rings. The fourth-order valence-corrected chi connectivity index (χ4v) is 2.52. The Morgan fingerprint density at radius 3 is 2.53 bits per heavy atom. The van der Waals surface area contributed by atoms with Crippen molar-refractivity contribution in [2.24, 2.45) is 0 Å². The van der Waals surface area contributed by atoms with Crippen LogP contribution in [0.5, 0.6) is 0 Å². The lowest BCUT2D eigenvalue weighted by atomic mass is 9.90. The molecule has 0 spiro atoms. The Morgan fingerprint density at radius 1 is 1.53 bits per heavy atom. The molecule has 4 nitrogen and oxygen atoms in total. The number of aromatic nitrogens is 2. The standard InChI is InChI=1S/C12H23BrN4/c1-7-17-10(9(13)8-15-17)11(14-4)12(2,3)16(5)6/h8,11,14H,7H2,1-6H3. The summed E-state index contributed by atoms with van der Waals surface area (Å²) >= 11 is 3.60. The van der Waals surface area contributed by atoms with Gasteiger partial charge in [-0.05, 0) is 57.8 Å². The summed E-state index contributed by atoms with van der Waals surface area (Å²) in [6.45, 7) is 7.45. The lowest BCUT2D eigenvalue weighted by Gasteiger charge is -2.40. The number of hydrogen-bond donors (Lipinski definition) is 1. The third-order valence-corrected chi connectivity index (χ3v) is 4.16. The first kappa shape index (κ1) is 14.7. The van der Waals surface area contributed by atoms with Gasteiger partial charge in [0.2, 0.25) is 0 Å². The van der Waals surface area contributed by atoms with E-state index >= 15 is 0 Å². The van der Waals surface area contributed by atoms with Gasteiger partial charge in [-0.3, -0.25) is 4.68 Å². The van der Waals surface area contributed by atoms with Gasteiger partial charge < -0.3 is 10.2 Å². The molecule has 98 valence electrons. The normalized spacial score (nSPS) is 14.4. The Bertz CT molecular complexity index is 371. The minimum absolute atomic E-state index is 0.00419. The zero-order chi connectivity index (χ0) is 13.2.